The Bertz CT molecular complexity index is 333. The van der Waals surface area contributed by atoms with Gasteiger partial charge in [0, 0.05) is 12.1 Å². The summed E-state index contributed by atoms with van der Waals surface area (Å²) in [5.41, 5.74) is 0. The predicted molar refractivity (Wildman–Crippen MR) is 62.6 cm³/mol. The second kappa shape index (κ2) is 5.21. The van der Waals surface area contributed by atoms with E-state index in [1.807, 2.05) is 0 Å². The number of carbonyl (C=O) groups is 2. The number of amides is 2. The zero-order chi connectivity index (χ0) is 12.3. The highest BCUT2D eigenvalue weighted by atomic mass is 16.4. The highest BCUT2D eigenvalue weighted by molar-refractivity contribution is 5.75. The van der Waals surface area contributed by atoms with Crippen LogP contribution in [0.15, 0.2) is 12.2 Å². The van der Waals surface area contributed by atoms with Crippen molar-refractivity contribution in [1.82, 2.24) is 10.6 Å². The Labute approximate surface area is 100 Å². The van der Waals surface area contributed by atoms with E-state index in [-0.39, 0.29) is 24.0 Å². The number of carboxylic acid groups (broad SMARTS) is 1. The molecule has 2 aliphatic carbocycles. The largest absolute Gasteiger partial charge is 0.481 e. The molecule has 2 rings (SSSR count). The topological polar surface area (TPSA) is 78.4 Å². The Morgan fingerprint density at radius 1 is 1.06 bits per heavy atom. The lowest BCUT2D eigenvalue weighted by molar-refractivity contribution is -0.141. The van der Waals surface area contributed by atoms with Gasteiger partial charge in [0.1, 0.15) is 0 Å². The van der Waals surface area contributed by atoms with E-state index in [2.05, 4.69) is 22.8 Å². The number of nitrogens with one attached hydrogen (secondary N) is 2. The van der Waals surface area contributed by atoms with Gasteiger partial charge < -0.3 is 15.7 Å². The fourth-order valence-electron chi connectivity index (χ4n) is 2.48. The van der Waals surface area contributed by atoms with Gasteiger partial charge in [0.15, 0.2) is 0 Å². The van der Waals surface area contributed by atoms with E-state index in [1.54, 1.807) is 0 Å². The van der Waals surface area contributed by atoms with Crippen molar-refractivity contribution in [3.63, 3.8) is 0 Å². The first-order valence-corrected chi connectivity index (χ1v) is 6.10. The maximum absolute atomic E-state index is 11.6. The zero-order valence-corrected chi connectivity index (χ0v) is 9.69. The van der Waals surface area contributed by atoms with Crippen LogP contribution in [0.3, 0.4) is 0 Å². The van der Waals surface area contributed by atoms with E-state index in [0.29, 0.717) is 12.8 Å². The fraction of sp³-hybridized carbons (Fsp3) is 0.667. The van der Waals surface area contributed by atoms with Gasteiger partial charge in [0.2, 0.25) is 0 Å². The normalized spacial score (nSPS) is 28.2. The molecule has 17 heavy (non-hydrogen) atoms. The summed E-state index contributed by atoms with van der Waals surface area (Å²) in [6, 6.07) is 0.0341. The van der Waals surface area contributed by atoms with E-state index in [4.69, 9.17) is 5.11 Å². The Morgan fingerprint density at radius 2 is 1.71 bits per heavy atom. The summed E-state index contributed by atoms with van der Waals surface area (Å²) < 4.78 is 0. The van der Waals surface area contributed by atoms with Crippen LogP contribution in [-0.4, -0.2) is 29.2 Å². The summed E-state index contributed by atoms with van der Waals surface area (Å²) in [4.78, 5) is 22.4. The number of rotatable bonds is 3. The number of carboxylic acids is 1. The summed E-state index contributed by atoms with van der Waals surface area (Å²) in [5.74, 6) is -1.05. The average Bonchev–Trinajstić information content (AvgIpc) is 2.88. The fourth-order valence-corrected chi connectivity index (χ4v) is 2.48. The lowest BCUT2D eigenvalue weighted by Crippen LogP contribution is -2.44. The number of aliphatic carboxylic acids is 1. The van der Waals surface area contributed by atoms with E-state index < -0.39 is 5.97 Å². The second-order valence-electron chi connectivity index (χ2n) is 4.80. The molecule has 3 N–H and O–H groups in total. The van der Waals surface area contributed by atoms with Crippen LogP contribution in [0.5, 0.6) is 0 Å². The third-order valence-corrected chi connectivity index (χ3v) is 3.46. The Balaban J connectivity index is 1.70. The molecule has 2 atom stereocenters. The molecule has 0 heterocycles. The first kappa shape index (κ1) is 12.0. The molecule has 94 valence electrons. The SMILES string of the molecule is O=C(NC1CC=CC1)NC1CCC(C(=O)O)C1. The molecule has 2 aliphatic rings. The standard InChI is InChI=1S/C12H18N2O3/c15-11(16)8-5-6-10(7-8)14-12(17)13-9-3-1-2-4-9/h1-2,8-10H,3-7H2,(H,15,16)(H2,13,14,17). The number of carbonyl (C=O) groups excluding carboxylic acids is 1. The van der Waals surface area contributed by atoms with Crippen molar-refractivity contribution >= 4 is 12.0 Å². The first-order valence-electron chi connectivity index (χ1n) is 6.10. The van der Waals surface area contributed by atoms with E-state index in [0.717, 1.165) is 19.3 Å². The third-order valence-electron chi connectivity index (χ3n) is 3.46. The van der Waals surface area contributed by atoms with E-state index in [9.17, 15) is 9.59 Å². The summed E-state index contributed by atoms with van der Waals surface area (Å²) in [7, 11) is 0. The molecule has 0 bridgehead atoms. The third kappa shape index (κ3) is 3.22. The molecule has 5 heteroatoms. The molecule has 0 aliphatic heterocycles. The summed E-state index contributed by atoms with van der Waals surface area (Å²) in [6.07, 6.45) is 7.85. The van der Waals surface area contributed by atoms with Gasteiger partial charge >= 0.3 is 12.0 Å². The van der Waals surface area contributed by atoms with Crippen LogP contribution in [0.1, 0.15) is 32.1 Å². The second-order valence-corrected chi connectivity index (χ2v) is 4.80. The van der Waals surface area contributed by atoms with Crippen molar-refractivity contribution in [2.24, 2.45) is 5.92 Å². The molecule has 1 fully saturated rings. The van der Waals surface area contributed by atoms with Gasteiger partial charge in [-0.05, 0) is 32.1 Å². The molecule has 0 radical (unpaired) electrons. The van der Waals surface area contributed by atoms with Crippen molar-refractivity contribution < 1.29 is 14.7 Å². The molecule has 2 unspecified atom stereocenters. The quantitative estimate of drug-likeness (QED) is 0.648. The molecular formula is C12H18N2O3. The predicted octanol–water partition coefficient (Wildman–Crippen LogP) is 1.26. The molecular weight excluding hydrogens is 220 g/mol. The average molecular weight is 238 g/mol. The van der Waals surface area contributed by atoms with Crippen LogP contribution in [-0.2, 0) is 4.79 Å². The van der Waals surface area contributed by atoms with Gasteiger partial charge in [0.25, 0.3) is 0 Å². The minimum atomic E-state index is -0.755. The van der Waals surface area contributed by atoms with Crippen molar-refractivity contribution in [2.45, 2.75) is 44.2 Å². The summed E-state index contributed by atoms with van der Waals surface area (Å²) in [5, 5.41) is 14.6. The monoisotopic (exact) mass is 238 g/mol. The minimum Gasteiger partial charge on any atom is -0.481 e. The maximum atomic E-state index is 11.6. The van der Waals surface area contributed by atoms with Crippen molar-refractivity contribution in [2.75, 3.05) is 0 Å². The van der Waals surface area contributed by atoms with E-state index >= 15 is 0 Å². The van der Waals surface area contributed by atoms with Crippen LogP contribution in [0.4, 0.5) is 4.79 Å². The van der Waals surface area contributed by atoms with Gasteiger partial charge in [-0.1, -0.05) is 12.2 Å². The zero-order valence-electron chi connectivity index (χ0n) is 9.69. The van der Waals surface area contributed by atoms with E-state index in [1.165, 1.54) is 0 Å². The van der Waals surface area contributed by atoms with Gasteiger partial charge in [-0.15, -0.1) is 0 Å². The summed E-state index contributed by atoms with van der Waals surface area (Å²) in [6.45, 7) is 0. The molecule has 0 spiro atoms. The smallest absolute Gasteiger partial charge is 0.315 e. The van der Waals surface area contributed by atoms with Gasteiger partial charge in [-0.2, -0.15) is 0 Å². The Morgan fingerprint density at radius 3 is 2.29 bits per heavy atom. The molecule has 0 aromatic heterocycles. The number of hydrogen-bond donors (Lipinski definition) is 3. The molecule has 5 nitrogen and oxygen atoms in total. The molecule has 0 aromatic rings. The maximum Gasteiger partial charge on any atom is 0.315 e. The van der Waals surface area contributed by atoms with Crippen LogP contribution in [0.25, 0.3) is 0 Å². The van der Waals surface area contributed by atoms with Crippen molar-refractivity contribution in [3.05, 3.63) is 12.2 Å². The number of hydrogen-bond acceptors (Lipinski definition) is 2. The lowest BCUT2D eigenvalue weighted by Gasteiger charge is -2.16. The van der Waals surface area contributed by atoms with Crippen LogP contribution in [0.2, 0.25) is 0 Å². The molecule has 0 saturated heterocycles. The molecule has 1 saturated carbocycles. The molecule has 0 aromatic carbocycles. The van der Waals surface area contributed by atoms with Gasteiger partial charge in [-0.25, -0.2) is 4.79 Å². The first-order chi connectivity index (χ1) is 8.15. The highest BCUT2D eigenvalue weighted by Gasteiger charge is 2.30. The lowest BCUT2D eigenvalue weighted by atomic mass is 10.1. The minimum absolute atomic E-state index is 0.00506. The molecule has 2 amide bonds. The van der Waals surface area contributed by atoms with Crippen LogP contribution < -0.4 is 10.6 Å². The Kier molecular flexibility index (Phi) is 3.66. The van der Waals surface area contributed by atoms with Crippen LogP contribution in [0, 0.1) is 5.92 Å². The van der Waals surface area contributed by atoms with Crippen molar-refractivity contribution in [1.29, 1.82) is 0 Å². The van der Waals surface area contributed by atoms with Crippen LogP contribution >= 0.6 is 0 Å². The highest BCUT2D eigenvalue weighted by Crippen LogP contribution is 2.25. The van der Waals surface area contributed by atoms with Gasteiger partial charge in [-0.3, -0.25) is 4.79 Å². The Hall–Kier alpha value is -1.52. The number of urea groups is 1. The van der Waals surface area contributed by atoms with Gasteiger partial charge in [0.05, 0.1) is 5.92 Å². The van der Waals surface area contributed by atoms with Crippen molar-refractivity contribution in [3.8, 4) is 0 Å². The summed E-state index contributed by atoms with van der Waals surface area (Å²) >= 11 is 0.